The van der Waals surface area contributed by atoms with Crippen molar-refractivity contribution in [3.8, 4) is 0 Å². The molecule has 0 aromatic carbocycles. The van der Waals surface area contributed by atoms with E-state index in [1.54, 1.807) is 6.26 Å². The van der Waals surface area contributed by atoms with Gasteiger partial charge in [0.25, 0.3) is 0 Å². The van der Waals surface area contributed by atoms with Crippen molar-refractivity contribution in [2.24, 2.45) is 0 Å². The van der Waals surface area contributed by atoms with Gasteiger partial charge in [-0.25, -0.2) is 4.79 Å². The van der Waals surface area contributed by atoms with E-state index in [1.165, 1.54) is 0 Å². The molecule has 0 aromatic heterocycles. The largest absolute Gasteiger partial charge is 0.497 e. The first kappa shape index (κ1) is 16.1. The molecule has 120 valence electrons. The lowest BCUT2D eigenvalue weighted by Gasteiger charge is -2.29. The Balaban J connectivity index is 1.74. The predicted octanol–water partition coefficient (Wildman–Crippen LogP) is 2.67. The van der Waals surface area contributed by atoms with Crippen LogP contribution < -0.4 is 5.32 Å². The lowest BCUT2D eigenvalue weighted by Crippen LogP contribution is -2.45. The van der Waals surface area contributed by atoms with Gasteiger partial charge in [0.05, 0.1) is 6.26 Å². The molecule has 2 heterocycles. The molecule has 5 heteroatoms. The van der Waals surface area contributed by atoms with Crippen LogP contribution >= 0.6 is 0 Å². The van der Waals surface area contributed by atoms with E-state index in [9.17, 15) is 4.79 Å². The fraction of sp³-hybridized carbons (Fsp3) is 0.812. The molecule has 1 amide bonds. The van der Waals surface area contributed by atoms with E-state index in [1.807, 2.05) is 25.7 Å². The number of rotatable bonds is 4. The van der Waals surface area contributed by atoms with E-state index in [2.05, 4.69) is 11.4 Å². The Bertz CT molecular complexity index is 376. The van der Waals surface area contributed by atoms with Gasteiger partial charge in [-0.1, -0.05) is 0 Å². The second-order valence-corrected chi connectivity index (χ2v) is 6.84. The average Bonchev–Trinajstić information content (AvgIpc) is 2.86. The van der Waals surface area contributed by atoms with Crippen molar-refractivity contribution in [1.29, 1.82) is 0 Å². The van der Waals surface area contributed by atoms with Crippen LogP contribution in [-0.2, 0) is 9.47 Å². The summed E-state index contributed by atoms with van der Waals surface area (Å²) in [7, 11) is 0. The van der Waals surface area contributed by atoms with E-state index in [4.69, 9.17) is 9.47 Å². The molecule has 0 radical (unpaired) electrons. The zero-order valence-electron chi connectivity index (χ0n) is 13.4. The Hall–Kier alpha value is -1.23. The topological polar surface area (TPSA) is 50.8 Å². The number of carbonyl (C=O) groups is 1. The van der Waals surface area contributed by atoms with Crippen LogP contribution in [0.5, 0.6) is 0 Å². The predicted molar refractivity (Wildman–Crippen MR) is 82.1 cm³/mol. The lowest BCUT2D eigenvalue weighted by atomic mass is 10.1. The number of nitrogens with zero attached hydrogens (tertiary/aromatic N) is 1. The number of allylic oxidation sites excluding steroid dienone is 1. The van der Waals surface area contributed by atoms with Gasteiger partial charge in [0.1, 0.15) is 11.7 Å². The Kier molecular flexibility index (Phi) is 5.51. The zero-order chi connectivity index (χ0) is 15.3. The smallest absolute Gasteiger partial charge is 0.410 e. The minimum absolute atomic E-state index is 0.191. The monoisotopic (exact) mass is 296 g/mol. The van der Waals surface area contributed by atoms with Gasteiger partial charge in [0.2, 0.25) is 0 Å². The summed E-state index contributed by atoms with van der Waals surface area (Å²) >= 11 is 0. The molecule has 5 nitrogen and oxygen atoms in total. The van der Waals surface area contributed by atoms with Crippen molar-refractivity contribution >= 4 is 6.09 Å². The van der Waals surface area contributed by atoms with Crippen LogP contribution in [-0.4, -0.2) is 48.4 Å². The quantitative estimate of drug-likeness (QED) is 0.866. The van der Waals surface area contributed by atoms with Gasteiger partial charge >= 0.3 is 6.09 Å². The summed E-state index contributed by atoms with van der Waals surface area (Å²) in [4.78, 5) is 14.0. The summed E-state index contributed by atoms with van der Waals surface area (Å²) < 4.78 is 11.0. The molecule has 0 aromatic rings. The van der Waals surface area contributed by atoms with Crippen LogP contribution in [0, 0.1) is 0 Å². The molecule has 2 aliphatic heterocycles. The standard InChI is InChI=1S/C16H28N2O3/c1-16(2,3)21-15(19)18-9-6-7-13(18)11-17-12-14-8-4-5-10-20-14/h5,10,13-14,17H,4,6-9,11-12H2,1-3H3. The highest BCUT2D eigenvalue weighted by Crippen LogP contribution is 2.20. The molecule has 21 heavy (non-hydrogen) atoms. The van der Waals surface area contributed by atoms with Crippen LogP contribution in [0.3, 0.4) is 0 Å². The number of carbonyl (C=O) groups excluding carboxylic acids is 1. The van der Waals surface area contributed by atoms with Crippen molar-refractivity contribution in [3.05, 3.63) is 12.3 Å². The fourth-order valence-corrected chi connectivity index (χ4v) is 2.75. The summed E-state index contributed by atoms with van der Waals surface area (Å²) in [6.07, 6.45) is 8.14. The van der Waals surface area contributed by atoms with Crippen molar-refractivity contribution < 1.29 is 14.3 Å². The molecule has 2 atom stereocenters. The van der Waals surface area contributed by atoms with Crippen LogP contribution in [0.2, 0.25) is 0 Å². The summed E-state index contributed by atoms with van der Waals surface area (Å²) in [5.41, 5.74) is -0.431. The molecule has 0 saturated carbocycles. The van der Waals surface area contributed by atoms with E-state index in [0.29, 0.717) is 0 Å². The highest BCUT2D eigenvalue weighted by molar-refractivity contribution is 5.69. The van der Waals surface area contributed by atoms with Crippen LogP contribution in [0.15, 0.2) is 12.3 Å². The van der Waals surface area contributed by atoms with E-state index >= 15 is 0 Å². The maximum Gasteiger partial charge on any atom is 0.410 e. The molecule has 1 saturated heterocycles. The van der Waals surface area contributed by atoms with Gasteiger partial charge in [-0.05, 0) is 52.5 Å². The average molecular weight is 296 g/mol. The number of nitrogens with one attached hydrogen (secondary N) is 1. The SMILES string of the molecule is CC(C)(C)OC(=O)N1CCCC1CNCC1CCC=CO1. The number of hydrogen-bond acceptors (Lipinski definition) is 4. The van der Waals surface area contributed by atoms with Gasteiger partial charge < -0.3 is 19.7 Å². The maximum atomic E-state index is 12.2. The van der Waals surface area contributed by atoms with Crippen LogP contribution in [0.4, 0.5) is 4.79 Å². The molecular weight excluding hydrogens is 268 g/mol. The molecule has 0 spiro atoms. The second kappa shape index (κ2) is 7.16. The van der Waals surface area contributed by atoms with Gasteiger partial charge in [0.15, 0.2) is 0 Å². The summed E-state index contributed by atoms with van der Waals surface area (Å²) in [6, 6.07) is 0.235. The van der Waals surface area contributed by atoms with Crippen LogP contribution in [0.25, 0.3) is 0 Å². The first-order valence-corrected chi connectivity index (χ1v) is 7.96. The first-order valence-electron chi connectivity index (χ1n) is 7.96. The molecule has 2 aliphatic rings. The van der Waals surface area contributed by atoms with Crippen molar-refractivity contribution in [1.82, 2.24) is 10.2 Å². The van der Waals surface area contributed by atoms with Crippen LogP contribution in [0.1, 0.15) is 46.5 Å². The molecule has 1 fully saturated rings. The fourth-order valence-electron chi connectivity index (χ4n) is 2.75. The summed E-state index contributed by atoms with van der Waals surface area (Å²) in [6.45, 7) is 8.15. The molecule has 0 bridgehead atoms. The van der Waals surface area contributed by atoms with Gasteiger partial charge in [-0.3, -0.25) is 0 Å². The summed E-state index contributed by atoms with van der Waals surface area (Å²) in [5, 5.41) is 3.44. The third-order valence-corrected chi connectivity index (χ3v) is 3.78. The molecule has 2 rings (SSSR count). The lowest BCUT2D eigenvalue weighted by molar-refractivity contribution is 0.0224. The molecule has 1 N–H and O–H groups in total. The number of ether oxygens (including phenoxy) is 2. The number of hydrogen-bond donors (Lipinski definition) is 1. The van der Waals surface area contributed by atoms with Gasteiger partial charge in [-0.2, -0.15) is 0 Å². The third kappa shape index (κ3) is 5.23. The first-order chi connectivity index (χ1) is 9.96. The minimum Gasteiger partial charge on any atom is -0.497 e. The van der Waals surface area contributed by atoms with Gasteiger partial charge in [-0.15, -0.1) is 0 Å². The minimum atomic E-state index is -0.431. The Labute approximate surface area is 127 Å². The second-order valence-electron chi connectivity index (χ2n) is 6.84. The highest BCUT2D eigenvalue weighted by atomic mass is 16.6. The van der Waals surface area contributed by atoms with Crippen molar-refractivity contribution in [2.75, 3.05) is 19.6 Å². The van der Waals surface area contributed by atoms with Gasteiger partial charge in [0, 0.05) is 25.7 Å². The van der Waals surface area contributed by atoms with E-state index < -0.39 is 5.60 Å². The maximum absolute atomic E-state index is 12.2. The highest BCUT2D eigenvalue weighted by Gasteiger charge is 2.31. The Morgan fingerprint density at radius 3 is 2.86 bits per heavy atom. The number of amides is 1. The van der Waals surface area contributed by atoms with E-state index in [-0.39, 0.29) is 18.2 Å². The third-order valence-electron chi connectivity index (χ3n) is 3.78. The zero-order valence-corrected chi connectivity index (χ0v) is 13.4. The van der Waals surface area contributed by atoms with Crippen molar-refractivity contribution in [3.63, 3.8) is 0 Å². The Morgan fingerprint density at radius 2 is 2.19 bits per heavy atom. The summed E-state index contributed by atoms with van der Waals surface area (Å²) in [5.74, 6) is 0. The normalized spacial score (nSPS) is 25.8. The van der Waals surface area contributed by atoms with E-state index in [0.717, 1.165) is 45.3 Å². The molecule has 2 unspecified atom stereocenters. The number of likely N-dealkylation sites (tertiary alicyclic amines) is 1. The Morgan fingerprint density at radius 1 is 1.38 bits per heavy atom. The molecular formula is C16H28N2O3. The molecule has 0 aliphatic carbocycles. The van der Waals surface area contributed by atoms with Crippen molar-refractivity contribution in [2.45, 2.75) is 64.2 Å².